The van der Waals surface area contributed by atoms with E-state index in [2.05, 4.69) is 10.2 Å². The van der Waals surface area contributed by atoms with Gasteiger partial charge in [-0.2, -0.15) is 0 Å². The lowest BCUT2D eigenvalue weighted by Crippen LogP contribution is -2.47. The van der Waals surface area contributed by atoms with Gasteiger partial charge in [-0.1, -0.05) is 29.8 Å². The van der Waals surface area contributed by atoms with Gasteiger partial charge >= 0.3 is 0 Å². The molecule has 2 heterocycles. The first-order chi connectivity index (χ1) is 14.6. The zero-order valence-electron chi connectivity index (χ0n) is 17.2. The number of pyridine rings is 1. The molecule has 1 aromatic carbocycles. The number of nitrogens with one attached hydrogen (secondary N) is 1. The number of aryl methyl sites for hydroxylation is 1. The van der Waals surface area contributed by atoms with Crippen LogP contribution in [-0.2, 0) is 22.9 Å². The minimum absolute atomic E-state index is 0.0257. The maximum absolute atomic E-state index is 12.9. The number of nitrogens with zero attached hydrogens (tertiary/aromatic N) is 3. The van der Waals surface area contributed by atoms with Gasteiger partial charge in [-0.15, -0.1) is 0 Å². The molecule has 0 radical (unpaired) electrons. The molecule has 0 unspecified atom stereocenters. The number of carbonyl (C=O) groups excluding carboxylic acids is 2. The van der Waals surface area contributed by atoms with Crippen LogP contribution in [0.25, 0.3) is 4.85 Å². The summed E-state index contributed by atoms with van der Waals surface area (Å²) in [5, 5.41) is 2.67. The van der Waals surface area contributed by atoms with Gasteiger partial charge < -0.3 is 14.8 Å². The maximum atomic E-state index is 12.9. The molecule has 1 aliphatic rings. The highest BCUT2D eigenvalue weighted by Gasteiger charge is 2.30. The Morgan fingerprint density at radius 2 is 1.87 bits per heavy atom. The quantitative estimate of drug-likeness (QED) is 0.675. The van der Waals surface area contributed by atoms with Gasteiger partial charge in [-0.3, -0.25) is 14.4 Å². The van der Waals surface area contributed by atoms with Crippen LogP contribution in [0.3, 0.4) is 0 Å². The monoisotopic (exact) mass is 442 g/mol. The maximum Gasteiger partial charge on any atom is 0.261 e. The number of sulfone groups is 1. The normalized spacial score (nSPS) is 13.5. The molecule has 0 atom stereocenters. The topological polar surface area (TPSA) is 110 Å². The van der Waals surface area contributed by atoms with E-state index in [4.69, 9.17) is 6.57 Å². The molecule has 3 rings (SSSR count). The van der Waals surface area contributed by atoms with Crippen molar-refractivity contribution in [1.82, 2.24) is 14.8 Å². The minimum Gasteiger partial charge on any atom is -0.348 e. The second kappa shape index (κ2) is 8.73. The molecule has 1 aliphatic heterocycles. The van der Waals surface area contributed by atoms with Gasteiger partial charge in [0.2, 0.25) is 5.69 Å². The van der Waals surface area contributed by atoms with E-state index in [1.807, 2.05) is 31.2 Å². The van der Waals surface area contributed by atoms with Crippen molar-refractivity contribution < 1.29 is 18.0 Å². The second-order valence-corrected chi connectivity index (χ2v) is 9.71. The molecule has 31 heavy (non-hydrogen) atoms. The molecule has 0 saturated heterocycles. The van der Waals surface area contributed by atoms with Gasteiger partial charge in [0.15, 0.2) is 0 Å². The SMILES string of the molecule is [C-]#[N+]c1cc(C(=O)NCc2ccc(C)cc2)c(=O)n2c1C(=O)N(CCS(C)(=O)=O)CC2. The number of carbonyl (C=O) groups is 2. The van der Waals surface area contributed by atoms with Gasteiger partial charge in [0, 0.05) is 32.4 Å². The highest BCUT2D eigenvalue weighted by atomic mass is 32.2. The first-order valence-electron chi connectivity index (χ1n) is 9.57. The third-order valence-corrected chi connectivity index (χ3v) is 5.95. The van der Waals surface area contributed by atoms with E-state index in [-0.39, 0.29) is 48.9 Å². The van der Waals surface area contributed by atoms with Gasteiger partial charge in [-0.25, -0.2) is 13.3 Å². The van der Waals surface area contributed by atoms with E-state index < -0.39 is 27.2 Å². The van der Waals surface area contributed by atoms with Crippen molar-refractivity contribution in [1.29, 1.82) is 0 Å². The Balaban J connectivity index is 1.87. The van der Waals surface area contributed by atoms with Crippen molar-refractivity contribution in [2.45, 2.75) is 20.0 Å². The van der Waals surface area contributed by atoms with Crippen molar-refractivity contribution in [3.8, 4) is 0 Å². The average Bonchev–Trinajstić information content (AvgIpc) is 2.72. The minimum atomic E-state index is -3.27. The summed E-state index contributed by atoms with van der Waals surface area (Å²) in [6.45, 7) is 9.75. The number of aromatic nitrogens is 1. The Labute approximate surface area is 180 Å². The molecule has 0 saturated carbocycles. The molecule has 162 valence electrons. The molecule has 1 N–H and O–H groups in total. The lowest BCUT2D eigenvalue weighted by molar-refractivity contribution is 0.0712. The van der Waals surface area contributed by atoms with Gasteiger partial charge in [-0.05, 0) is 18.6 Å². The zero-order valence-corrected chi connectivity index (χ0v) is 18.0. The Hall–Kier alpha value is -3.45. The Kier molecular flexibility index (Phi) is 6.27. The molecule has 0 spiro atoms. The van der Waals surface area contributed by atoms with Crippen molar-refractivity contribution in [3.05, 3.63) is 74.5 Å². The number of hydrogen-bond donors (Lipinski definition) is 1. The molecule has 2 amide bonds. The molecule has 2 aromatic rings. The second-order valence-electron chi connectivity index (χ2n) is 7.45. The van der Waals surface area contributed by atoms with E-state index in [1.54, 1.807) is 0 Å². The molecule has 0 fully saturated rings. The molecular formula is C21H22N4O5S. The summed E-state index contributed by atoms with van der Waals surface area (Å²) in [6.07, 6.45) is 1.08. The van der Waals surface area contributed by atoms with E-state index in [1.165, 1.54) is 4.90 Å². The molecule has 9 nitrogen and oxygen atoms in total. The first-order valence-corrected chi connectivity index (χ1v) is 11.6. The van der Waals surface area contributed by atoms with Crippen LogP contribution in [0, 0.1) is 13.5 Å². The summed E-state index contributed by atoms with van der Waals surface area (Å²) in [7, 11) is -3.27. The number of hydrogen-bond acceptors (Lipinski definition) is 5. The Bertz CT molecular complexity index is 1240. The predicted octanol–water partition coefficient (Wildman–Crippen LogP) is 1.14. The van der Waals surface area contributed by atoms with Gasteiger partial charge in [0.25, 0.3) is 17.4 Å². The summed E-state index contributed by atoms with van der Waals surface area (Å²) in [6, 6.07) is 8.68. The first kappa shape index (κ1) is 22.2. The average molecular weight is 442 g/mol. The van der Waals surface area contributed by atoms with E-state index in [9.17, 15) is 22.8 Å². The largest absolute Gasteiger partial charge is 0.348 e. The number of benzene rings is 1. The van der Waals surface area contributed by atoms with E-state index in [0.29, 0.717) is 0 Å². The molecule has 0 bridgehead atoms. The highest BCUT2D eigenvalue weighted by Crippen LogP contribution is 2.24. The van der Waals surface area contributed by atoms with Crippen LogP contribution in [0.15, 0.2) is 35.1 Å². The van der Waals surface area contributed by atoms with Gasteiger partial charge in [0.1, 0.15) is 15.5 Å². The fourth-order valence-corrected chi connectivity index (χ4v) is 3.84. The van der Waals surface area contributed by atoms with E-state index >= 15 is 0 Å². The Morgan fingerprint density at radius 1 is 1.19 bits per heavy atom. The number of rotatable bonds is 6. The third kappa shape index (κ3) is 5.00. The summed E-state index contributed by atoms with van der Waals surface area (Å²) < 4.78 is 24.0. The van der Waals surface area contributed by atoms with Crippen LogP contribution >= 0.6 is 0 Å². The van der Waals surface area contributed by atoms with Crippen molar-refractivity contribution >= 4 is 27.3 Å². The van der Waals surface area contributed by atoms with Crippen LogP contribution in [0.5, 0.6) is 0 Å². The van der Waals surface area contributed by atoms with Crippen LogP contribution < -0.4 is 10.9 Å². The standard InChI is InChI=1S/C21H22N4O5S/c1-14-4-6-15(7-5-14)13-23-19(26)16-12-17(22-2)18-21(28)24(10-11-31(3,29)30)8-9-25(18)20(16)27/h4-7,12H,8-11,13H2,1,3H3,(H,23,26). The smallest absolute Gasteiger partial charge is 0.261 e. The van der Waals surface area contributed by atoms with Crippen LogP contribution in [0.4, 0.5) is 5.69 Å². The summed E-state index contributed by atoms with van der Waals surface area (Å²) in [5.41, 5.74) is 0.849. The van der Waals surface area contributed by atoms with Crippen molar-refractivity contribution in [2.75, 3.05) is 25.1 Å². The lowest BCUT2D eigenvalue weighted by atomic mass is 10.1. The van der Waals surface area contributed by atoms with Gasteiger partial charge in [0.05, 0.1) is 17.9 Å². The van der Waals surface area contributed by atoms with E-state index in [0.717, 1.165) is 28.0 Å². The Morgan fingerprint density at radius 3 is 2.48 bits per heavy atom. The molecular weight excluding hydrogens is 420 g/mol. The van der Waals surface area contributed by atoms with Crippen LogP contribution in [-0.4, -0.2) is 54.8 Å². The van der Waals surface area contributed by atoms with Crippen LogP contribution in [0.2, 0.25) is 0 Å². The summed E-state index contributed by atoms with van der Waals surface area (Å²) in [5.74, 6) is -1.43. The molecule has 0 aliphatic carbocycles. The van der Waals surface area contributed by atoms with Crippen molar-refractivity contribution in [2.24, 2.45) is 0 Å². The third-order valence-electron chi connectivity index (χ3n) is 5.02. The lowest BCUT2D eigenvalue weighted by Gasteiger charge is -2.30. The molecule has 10 heteroatoms. The predicted molar refractivity (Wildman–Crippen MR) is 115 cm³/mol. The number of amides is 2. The molecule has 1 aromatic heterocycles. The highest BCUT2D eigenvalue weighted by molar-refractivity contribution is 7.90. The zero-order chi connectivity index (χ0) is 22.8. The summed E-state index contributed by atoms with van der Waals surface area (Å²) in [4.78, 5) is 43.0. The van der Waals surface area contributed by atoms with Crippen LogP contribution in [0.1, 0.15) is 32.0 Å². The fraction of sp³-hybridized carbons (Fsp3) is 0.333. The van der Waals surface area contributed by atoms with Crippen molar-refractivity contribution in [3.63, 3.8) is 0 Å². The fourth-order valence-electron chi connectivity index (χ4n) is 3.28. The number of fused-ring (bicyclic) bond motifs is 1. The summed E-state index contributed by atoms with van der Waals surface area (Å²) >= 11 is 0.